The van der Waals surface area contributed by atoms with Crippen LogP contribution in [-0.4, -0.2) is 15.2 Å². The van der Waals surface area contributed by atoms with E-state index < -0.39 is 0 Å². The number of hydrogen-bond donors (Lipinski definition) is 1. The number of aryl methyl sites for hydroxylation is 1. The molecule has 0 radical (unpaired) electrons. The molecule has 0 spiro atoms. The number of rotatable bonds is 1. The van der Waals surface area contributed by atoms with Gasteiger partial charge in [-0.1, -0.05) is 0 Å². The number of aromatic amines is 1. The summed E-state index contributed by atoms with van der Waals surface area (Å²) in [5.74, 6) is 0. The molecule has 68 valence electrons. The third kappa shape index (κ3) is 1.36. The van der Waals surface area contributed by atoms with Gasteiger partial charge >= 0.3 is 0 Å². The second-order valence-corrected chi connectivity index (χ2v) is 2.98. The smallest absolute Gasteiger partial charge is 0.101 e. The Hall–Kier alpha value is -2.15. The van der Waals surface area contributed by atoms with Gasteiger partial charge in [0, 0.05) is 29.2 Å². The number of H-pyrrole nitrogens is 1. The third-order valence-electron chi connectivity index (χ3n) is 2.01. The van der Waals surface area contributed by atoms with Crippen molar-refractivity contribution in [3.8, 4) is 17.2 Å². The van der Waals surface area contributed by atoms with Gasteiger partial charge in [0.1, 0.15) is 6.07 Å². The van der Waals surface area contributed by atoms with E-state index in [0.29, 0.717) is 5.56 Å². The van der Waals surface area contributed by atoms with E-state index in [2.05, 4.69) is 21.3 Å². The van der Waals surface area contributed by atoms with Crippen LogP contribution < -0.4 is 0 Å². The number of nitrogens with one attached hydrogen (secondary N) is 1. The van der Waals surface area contributed by atoms with Crippen LogP contribution in [0.1, 0.15) is 11.3 Å². The Labute approximate surface area is 81.2 Å². The Kier molecular flexibility index (Phi) is 1.99. The van der Waals surface area contributed by atoms with Crippen LogP contribution in [0.4, 0.5) is 0 Å². The van der Waals surface area contributed by atoms with Crippen LogP contribution in [0.15, 0.2) is 24.7 Å². The summed E-state index contributed by atoms with van der Waals surface area (Å²) in [6.45, 7) is 1.93. The Morgan fingerprint density at radius 1 is 1.36 bits per heavy atom. The van der Waals surface area contributed by atoms with E-state index in [1.807, 2.05) is 6.92 Å². The fourth-order valence-corrected chi connectivity index (χ4v) is 1.29. The maximum Gasteiger partial charge on any atom is 0.101 e. The molecular formula is C10H8N4. The summed E-state index contributed by atoms with van der Waals surface area (Å²) in [4.78, 5) is 3.99. The van der Waals surface area contributed by atoms with Gasteiger partial charge in [0.05, 0.1) is 11.8 Å². The lowest BCUT2D eigenvalue weighted by molar-refractivity contribution is 1.05. The van der Waals surface area contributed by atoms with Gasteiger partial charge in [0.15, 0.2) is 0 Å². The first-order valence-corrected chi connectivity index (χ1v) is 4.17. The van der Waals surface area contributed by atoms with Crippen molar-refractivity contribution in [2.45, 2.75) is 6.92 Å². The Morgan fingerprint density at radius 2 is 2.21 bits per heavy atom. The Morgan fingerprint density at radius 3 is 2.86 bits per heavy atom. The van der Waals surface area contributed by atoms with Gasteiger partial charge in [0.25, 0.3) is 0 Å². The van der Waals surface area contributed by atoms with Crippen molar-refractivity contribution < 1.29 is 0 Å². The quantitative estimate of drug-likeness (QED) is 0.732. The highest BCUT2D eigenvalue weighted by Crippen LogP contribution is 2.20. The number of nitrogens with zero attached hydrogens (tertiary/aromatic N) is 3. The van der Waals surface area contributed by atoms with Gasteiger partial charge in [0.2, 0.25) is 0 Å². The van der Waals surface area contributed by atoms with Gasteiger partial charge in [-0.2, -0.15) is 10.4 Å². The molecule has 0 atom stereocenters. The van der Waals surface area contributed by atoms with Crippen LogP contribution >= 0.6 is 0 Å². The zero-order valence-corrected chi connectivity index (χ0v) is 7.65. The fourth-order valence-electron chi connectivity index (χ4n) is 1.29. The normalized spacial score (nSPS) is 9.71. The lowest BCUT2D eigenvalue weighted by Gasteiger charge is -1.98. The lowest BCUT2D eigenvalue weighted by atomic mass is 10.1. The van der Waals surface area contributed by atoms with Crippen molar-refractivity contribution in [2.24, 2.45) is 0 Å². The van der Waals surface area contributed by atoms with Crippen molar-refractivity contribution in [1.82, 2.24) is 15.2 Å². The predicted molar refractivity (Wildman–Crippen MR) is 51.3 cm³/mol. The summed E-state index contributed by atoms with van der Waals surface area (Å²) in [6.07, 6.45) is 4.99. The summed E-state index contributed by atoms with van der Waals surface area (Å²) in [6, 6.07) is 3.85. The highest BCUT2D eigenvalue weighted by molar-refractivity contribution is 5.65. The molecule has 2 heterocycles. The van der Waals surface area contributed by atoms with Crippen LogP contribution in [0.2, 0.25) is 0 Å². The molecule has 0 aliphatic rings. The van der Waals surface area contributed by atoms with Gasteiger partial charge in [-0.15, -0.1) is 0 Å². The minimum absolute atomic E-state index is 0.558. The van der Waals surface area contributed by atoms with Crippen LogP contribution in [0.25, 0.3) is 11.1 Å². The van der Waals surface area contributed by atoms with Crippen molar-refractivity contribution in [1.29, 1.82) is 5.26 Å². The molecule has 0 saturated carbocycles. The van der Waals surface area contributed by atoms with Crippen LogP contribution in [0.3, 0.4) is 0 Å². The highest BCUT2D eigenvalue weighted by Gasteiger charge is 2.04. The molecule has 2 aromatic heterocycles. The zero-order chi connectivity index (χ0) is 9.97. The predicted octanol–water partition coefficient (Wildman–Crippen LogP) is 1.65. The van der Waals surface area contributed by atoms with Gasteiger partial charge in [-0.3, -0.25) is 10.1 Å². The van der Waals surface area contributed by atoms with Gasteiger partial charge in [-0.25, -0.2) is 0 Å². The first kappa shape index (κ1) is 8.45. The SMILES string of the molecule is Cc1[nH]ncc1-c1cncc(C#N)c1. The molecule has 2 rings (SSSR count). The number of nitriles is 1. The average molecular weight is 184 g/mol. The maximum atomic E-state index is 8.72. The molecule has 0 fully saturated rings. The van der Waals surface area contributed by atoms with Crippen LogP contribution in [0, 0.1) is 18.3 Å². The summed E-state index contributed by atoms with van der Waals surface area (Å²) < 4.78 is 0. The van der Waals surface area contributed by atoms with Crippen molar-refractivity contribution in [2.75, 3.05) is 0 Å². The fraction of sp³-hybridized carbons (Fsp3) is 0.100. The molecule has 4 heteroatoms. The molecule has 0 unspecified atom stereocenters. The second kappa shape index (κ2) is 3.30. The Balaban J connectivity index is 2.53. The number of pyridine rings is 1. The molecular weight excluding hydrogens is 176 g/mol. The molecule has 0 bridgehead atoms. The van der Waals surface area contributed by atoms with Crippen LogP contribution in [0.5, 0.6) is 0 Å². The van der Waals surface area contributed by atoms with E-state index in [1.165, 1.54) is 0 Å². The largest absolute Gasteiger partial charge is 0.282 e. The van der Waals surface area contributed by atoms with Crippen molar-refractivity contribution in [3.05, 3.63) is 35.9 Å². The van der Waals surface area contributed by atoms with Crippen LogP contribution in [-0.2, 0) is 0 Å². The minimum Gasteiger partial charge on any atom is -0.282 e. The van der Waals surface area contributed by atoms with Crippen molar-refractivity contribution >= 4 is 0 Å². The molecule has 0 aliphatic carbocycles. The molecule has 2 aromatic rings. The van der Waals surface area contributed by atoms with Gasteiger partial charge in [-0.05, 0) is 13.0 Å². The summed E-state index contributed by atoms with van der Waals surface area (Å²) in [5, 5.41) is 15.5. The molecule has 14 heavy (non-hydrogen) atoms. The number of hydrogen-bond acceptors (Lipinski definition) is 3. The van der Waals surface area contributed by atoms with E-state index in [9.17, 15) is 0 Å². The van der Waals surface area contributed by atoms with Crippen molar-refractivity contribution in [3.63, 3.8) is 0 Å². The topological polar surface area (TPSA) is 65.4 Å². The van der Waals surface area contributed by atoms with E-state index in [1.54, 1.807) is 24.7 Å². The minimum atomic E-state index is 0.558. The molecule has 0 saturated heterocycles. The van der Waals surface area contributed by atoms with E-state index in [4.69, 9.17) is 5.26 Å². The summed E-state index contributed by atoms with van der Waals surface area (Å²) >= 11 is 0. The summed E-state index contributed by atoms with van der Waals surface area (Å²) in [5.41, 5.74) is 3.43. The first-order chi connectivity index (χ1) is 6.81. The standard InChI is InChI=1S/C10H8N4/c1-7-10(6-13-14-7)9-2-8(3-11)4-12-5-9/h2,4-6H,1H3,(H,13,14). The Bertz CT molecular complexity index is 493. The molecule has 0 amide bonds. The van der Waals surface area contributed by atoms with E-state index >= 15 is 0 Å². The maximum absolute atomic E-state index is 8.72. The lowest BCUT2D eigenvalue weighted by Crippen LogP contribution is -1.83. The van der Waals surface area contributed by atoms with Gasteiger partial charge < -0.3 is 0 Å². The molecule has 0 aliphatic heterocycles. The average Bonchev–Trinajstić information content (AvgIpc) is 2.65. The molecule has 1 N–H and O–H groups in total. The summed E-state index contributed by atoms with van der Waals surface area (Å²) in [7, 11) is 0. The first-order valence-electron chi connectivity index (χ1n) is 4.17. The molecule has 0 aromatic carbocycles. The van der Waals surface area contributed by atoms with E-state index in [0.717, 1.165) is 16.8 Å². The third-order valence-corrected chi connectivity index (χ3v) is 2.01. The number of aromatic nitrogens is 3. The van der Waals surface area contributed by atoms with E-state index in [-0.39, 0.29) is 0 Å². The molecule has 4 nitrogen and oxygen atoms in total. The highest BCUT2D eigenvalue weighted by atomic mass is 15.1. The second-order valence-electron chi connectivity index (χ2n) is 2.98. The monoisotopic (exact) mass is 184 g/mol. The zero-order valence-electron chi connectivity index (χ0n) is 7.65.